The van der Waals surface area contributed by atoms with Crippen molar-refractivity contribution in [3.05, 3.63) is 29.6 Å². The fraction of sp³-hybridized carbons (Fsp3) is 0. The van der Waals surface area contributed by atoms with Crippen LogP contribution in [-0.4, -0.2) is 14.1 Å². The number of hydrogen-bond acceptors (Lipinski definition) is 1. The predicted octanol–water partition coefficient (Wildman–Crippen LogP) is 0.432. The molecule has 10 heavy (non-hydrogen) atoms. The minimum atomic E-state index is -0.551. The molecule has 0 amide bonds. The minimum absolute atomic E-state index is 0.0607. The Hall–Kier alpha value is -1.12. The van der Waals surface area contributed by atoms with Gasteiger partial charge in [0.1, 0.15) is 19.9 Å². The van der Waals surface area contributed by atoms with E-state index in [2.05, 4.69) is 0 Å². The van der Waals surface area contributed by atoms with Crippen LogP contribution in [0.5, 0.6) is 0 Å². The summed E-state index contributed by atoms with van der Waals surface area (Å²) in [5, 5.41) is 0. The van der Waals surface area contributed by atoms with Gasteiger partial charge in [0, 0.05) is 5.56 Å². The summed E-state index contributed by atoms with van der Waals surface area (Å²) in [4.78, 5) is 10.1. The number of rotatable bonds is 1. The maximum Gasteiger partial charge on any atom is 0.150 e. The second-order valence-electron chi connectivity index (χ2n) is 1.90. The predicted molar refractivity (Wildman–Crippen MR) is 37.2 cm³/mol. The number of benzene rings is 1. The van der Waals surface area contributed by atoms with Crippen LogP contribution in [0.2, 0.25) is 0 Å². The van der Waals surface area contributed by atoms with E-state index >= 15 is 0 Å². The summed E-state index contributed by atoms with van der Waals surface area (Å²) in [6.45, 7) is 0. The highest BCUT2D eigenvalue weighted by Gasteiger charge is 1.95. The molecule has 3 heteroatoms. The second-order valence-corrected chi connectivity index (χ2v) is 1.90. The second kappa shape index (κ2) is 2.65. The van der Waals surface area contributed by atoms with Gasteiger partial charge in [-0.3, -0.25) is 4.79 Å². The van der Waals surface area contributed by atoms with Gasteiger partial charge in [-0.1, -0.05) is 17.6 Å². The van der Waals surface area contributed by atoms with Crippen molar-refractivity contribution in [3.63, 3.8) is 0 Å². The first-order valence-electron chi connectivity index (χ1n) is 2.74. The van der Waals surface area contributed by atoms with Gasteiger partial charge in [-0.25, -0.2) is 4.39 Å². The van der Waals surface area contributed by atoms with E-state index < -0.39 is 5.82 Å². The van der Waals surface area contributed by atoms with Gasteiger partial charge in [-0.15, -0.1) is 0 Å². The summed E-state index contributed by atoms with van der Waals surface area (Å²) in [5.41, 5.74) is 0.359. The van der Waals surface area contributed by atoms with E-state index in [1.165, 1.54) is 12.1 Å². The van der Waals surface area contributed by atoms with E-state index in [0.29, 0.717) is 11.8 Å². The molecule has 1 rings (SSSR count). The molecule has 0 fully saturated rings. The van der Waals surface area contributed by atoms with E-state index in [9.17, 15) is 9.18 Å². The summed E-state index contributed by atoms with van der Waals surface area (Å²) < 4.78 is 12.5. The molecule has 0 saturated carbocycles. The van der Waals surface area contributed by atoms with Crippen molar-refractivity contribution in [2.45, 2.75) is 0 Å². The molecule has 0 aliphatic rings. The molecule has 0 unspecified atom stereocenters. The van der Waals surface area contributed by atoms with Crippen LogP contribution in [0, 0.1) is 5.82 Å². The lowest BCUT2D eigenvalue weighted by Crippen LogP contribution is -2.07. The summed E-state index contributed by atoms with van der Waals surface area (Å²) in [6.07, 6.45) is 0.572. The van der Waals surface area contributed by atoms with Crippen molar-refractivity contribution >= 4 is 19.6 Å². The highest BCUT2D eigenvalue weighted by molar-refractivity contribution is 6.32. The van der Waals surface area contributed by atoms with Crippen molar-refractivity contribution in [3.8, 4) is 0 Å². The monoisotopic (exact) mass is 134 g/mol. The third-order valence-corrected chi connectivity index (χ3v) is 1.16. The summed E-state index contributed by atoms with van der Waals surface area (Å²) in [5.74, 6) is -0.551. The average molecular weight is 134 g/mol. The number of hydrogen-bond donors (Lipinski definition) is 0. The molecule has 2 radical (unpaired) electrons. The number of carbonyl (C=O) groups excluding carboxylic acids is 1. The van der Waals surface area contributed by atoms with Gasteiger partial charge in [0.15, 0.2) is 0 Å². The molecule has 0 aromatic heterocycles. The first kappa shape index (κ1) is 7.00. The van der Waals surface area contributed by atoms with Crippen molar-refractivity contribution < 1.29 is 9.18 Å². The number of aldehydes is 1. The van der Waals surface area contributed by atoms with Crippen molar-refractivity contribution in [2.75, 3.05) is 0 Å². The number of carbonyl (C=O) groups is 1. The van der Waals surface area contributed by atoms with Gasteiger partial charge in [0.2, 0.25) is 0 Å². The zero-order valence-electron chi connectivity index (χ0n) is 5.17. The van der Waals surface area contributed by atoms with Crippen LogP contribution in [-0.2, 0) is 0 Å². The SMILES string of the molecule is [B]c1ccc(C=O)cc1F. The lowest BCUT2D eigenvalue weighted by atomic mass is 9.95. The molecule has 0 saturated heterocycles. The molecular formula is C7H4BFO. The van der Waals surface area contributed by atoms with Gasteiger partial charge in [0.25, 0.3) is 0 Å². The number of halogens is 1. The van der Waals surface area contributed by atoms with Gasteiger partial charge in [-0.2, -0.15) is 0 Å². The summed E-state index contributed by atoms with van der Waals surface area (Å²) in [7, 11) is 5.15. The maximum absolute atomic E-state index is 12.5. The molecule has 1 nitrogen and oxygen atoms in total. The molecule has 0 atom stereocenters. The highest BCUT2D eigenvalue weighted by Crippen LogP contribution is 1.96. The third-order valence-electron chi connectivity index (χ3n) is 1.16. The lowest BCUT2D eigenvalue weighted by Gasteiger charge is -1.94. The van der Waals surface area contributed by atoms with Crippen molar-refractivity contribution in [2.24, 2.45) is 0 Å². The Morgan fingerprint density at radius 2 is 2.20 bits per heavy atom. The van der Waals surface area contributed by atoms with E-state index in [4.69, 9.17) is 7.85 Å². The maximum atomic E-state index is 12.5. The van der Waals surface area contributed by atoms with Gasteiger partial charge < -0.3 is 0 Å². The van der Waals surface area contributed by atoms with Crippen LogP contribution in [0.15, 0.2) is 18.2 Å². The smallest absolute Gasteiger partial charge is 0.150 e. The van der Waals surface area contributed by atoms with Crippen LogP contribution in [0.3, 0.4) is 0 Å². The summed E-state index contributed by atoms with van der Waals surface area (Å²) >= 11 is 0. The molecular weight excluding hydrogens is 130 g/mol. The van der Waals surface area contributed by atoms with E-state index in [1.807, 2.05) is 0 Å². The molecule has 1 aromatic carbocycles. The van der Waals surface area contributed by atoms with Crippen LogP contribution < -0.4 is 5.46 Å². The Balaban J connectivity index is 3.16. The Morgan fingerprint density at radius 1 is 1.50 bits per heavy atom. The standard InChI is InChI=1S/C7H4BFO/c8-6-2-1-5(4-10)3-7(6)9/h1-4H. The Morgan fingerprint density at radius 3 is 2.70 bits per heavy atom. The van der Waals surface area contributed by atoms with Crippen LogP contribution in [0.4, 0.5) is 4.39 Å². The molecule has 0 spiro atoms. The molecule has 0 aliphatic heterocycles. The Kier molecular flexibility index (Phi) is 1.85. The zero-order chi connectivity index (χ0) is 7.56. The van der Waals surface area contributed by atoms with Gasteiger partial charge in [-0.05, 0) is 6.07 Å². The molecule has 0 aliphatic carbocycles. The molecule has 48 valence electrons. The van der Waals surface area contributed by atoms with E-state index in [-0.39, 0.29) is 5.46 Å². The highest BCUT2D eigenvalue weighted by atomic mass is 19.1. The molecule has 0 bridgehead atoms. The van der Waals surface area contributed by atoms with Crippen molar-refractivity contribution in [1.82, 2.24) is 0 Å². The van der Waals surface area contributed by atoms with Crippen molar-refractivity contribution in [1.29, 1.82) is 0 Å². The molecule has 0 heterocycles. The Labute approximate surface area is 59.3 Å². The lowest BCUT2D eigenvalue weighted by molar-refractivity contribution is 0.112. The van der Waals surface area contributed by atoms with Crippen LogP contribution in [0.25, 0.3) is 0 Å². The van der Waals surface area contributed by atoms with Crippen LogP contribution >= 0.6 is 0 Å². The first-order valence-corrected chi connectivity index (χ1v) is 2.74. The molecule has 1 aromatic rings. The summed E-state index contributed by atoms with van der Waals surface area (Å²) in [6, 6.07) is 3.92. The minimum Gasteiger partial charge on any atom is -0.298 e. The van der Waals surface area contributed by atoms with E-state index in [1.54, 1.807) is 0 Å². The zero-order valence-corrected chi connectivity index (χ0v) is 5.17. The third kappa shape index (κ3) is 1.24. The first-order chi connectivity index (χ1) is 4.74. The molecule has 0 N–H and O–H groups in total. The quantitative estimate of drug-likeness (QED) is 0.402. The Bertz CT molecular complexity index is 260. The van der Waals surface area contributed by atoms with Crippen LogP contribution in [0.1, 0.15) is 10.4 Å². The van der Waals surface area contributed by atoms with Gasteiger partial charge in [0.05, 0.1) is 0 Å². The topological polar surface area (TPSA) is 17.1 Å². The van der Waals surface area contributed by atoms with Gasteiger partial charge >= 0.3 is 0 Å². The fourth-order valence-electron chi connectivity index (χ4n) is 0.617. The largest absolute Gasteiger partial charge is 0.298 e. The average Bonchev–Trinajstić information content (AvgIpc) is 1.95. The normalized spacial score (nSPS) is 9.30. The fourth-order valence-corrected chi connectivity index (χ4v) is 0.617. The van der Waals surface area contributed by atoms with E-state index in [0.717, 1.165) is 6.07 Å².